The van der Waals surface area contributed by atoms with Gasteiger partial charge in [0.25, 0.3) is 0 Å². The minimum atomic E-state index is -1.24. The molecular weight excluding hydrogens is 367 g/mol. The molecule has 0 aromatic heterocycles. The lowest BCUT2D eigenvalue weighted by Crippen LogP contribution is -2.02. The highest BCUT2D eigenvalue weighted by Crippen LogP contribution is 2.32. The fourth-order valence-electron chi connectivity index (χ4n) is 1.84. The van der Waals surface area contributed by atoms with Gasteiger partial charge < -0.3 is 5.11 Å². The molecule has 2 aromatic carbocycles. The lowest BCUT2D eigenvalue weighted by Gasteiger charge is -2.09. The van der Waals surface area contributed by atoms with Gasteiger partial charge in [0.05, 0.1) is 21.4 Å². The summed E-state index contributed by atoms with van der Waals surface area (Å²) in [6, 6.07) is 9.45. The molecule has 1 atom stereocenters. The van der Waals surface area contributed by atoms with Crippen LogP contribution in [0.15, 0.2) is 36.4 Å². The van der Waals surface area contributed by atoms with Gasteiger partial charge in [-0.3, -0.25) is 4.21 Å². The zero-order valence-electron chi connectivity index (χ0n) is 11.2. The van der Waals surface area contributed by atoms with Gasteiger partial charge in [-0.25, -0.2) is 4.79 Å². The van der Waals surface area contributed by atoms with E-state index in [1.807, 2.05) is 0 Å². The van der Waals surface area contributed by atoms with E-state index >= 15 is 0 Å². The predicted octanol–water partition coefficient (Wildman–Crippen LogP) is 4.79. The van der Waals surface area contributed by atoms with Gasteiger partial charge in [-0.2, -0.15) is 0 Å². The SMILES string of the molecule is O=C(O)c1ccc(CS(=O)Cc2c(Cl)ccc(Cl)c2Cl)cc1. The smallest absolute Gasteiger partial charge is 0.335 e. The highest BCUT2D eigenvalue weighted by molar-refractivity contribution is 7.83. The molecule has 0 saturated heterocycles. The number of rotatable bonds is 5. The summed E-state index contributed by atoms with van der Waals surface area (Å²) in [4.78, 5) is 10.8. The Morgan fingerprint density at radius 3 is 2.14 bits per heavy atom. The van der Waals surface area contributed by atoms with Gasteiger partial charge >= 0.3 is 5.97 Å². The first-order valence-corrected chi connectivity index (χ1v) is 8.80. The van der Waals surface area contributed by atoms with E-state index in [2.05, 4.69) is 0 Å². The van der Waals surface area contributed by atoms with E-state index in [4.69, 9.17) is 39.9 Å². The summed E-state index contributed by atoms with van der Waals surface area (Å²) in [5, 5.41) is 9.93. The molecule has 0 saturated carbocycles. The molecule has 0 bridgehead atoms. The van der Waals surface area contributed by atoms with Crippen LogP contribution in [-0.2, 0) is 22.3 Å². The van der Waals surface area contributed by atoms with Crippen molar-refractivity contribution >= 4 is 51.6 Å². The molecule has 0 heterocycles. The molecule has 116 valence electrons. The van der Waals surface area contributed by atoms with Crippen molar-refractivity contribution < 1.29 is 14.1 Å². The first-order valence-electron chi connectivity index (χ1n) is 6.18. The van der Waals surface area contributed by atoms with Gasteiger partial charge in [-0.05, 0) is 29.8 Å². The van der Waals surface area contributed by atoms with Crippen molar-refractivity contribution in [1.82, 2.24) is 0 Å². The maximum Gasteiger partial charge on any atom is 0.335 e. The van der Waals surface area contributed by atoms with Crippen LogP contribution < -0.4 is 0 Å². The molecule has 3 nitrogen and oxygen atoms in total. The maximum atomic E-state index is 12.3. The summed E-state index contributed by atoms with van der Waals surface area (Å²) in [7, 11) is -1.24. The zero-order chi connectivity index (χ0) is 16.3. The second kappa shape index (κ2) is 7.47. The lowest BCUT2D eigenvalue weighted by molar-refractivity contribution is 0.0697. The Bertz CT molecular complexity index is 730. The van der Waals surface area contributed by atoms with Gasteiger partial charge in [0.1, 0.15) is 0 Å². The molecule has 2 aromatic rings. The number of carboxylic acid groups (broad SMARTS) is 1. The molecule has 0 aliphatic heterocycles. The molecular formula is C15H11Cl3O3S. The molecule has 2 rings (SSSR count). The van der Waals surface area contributed by atoms with Crippen molar-refractivity contribution in [1.29, 1.82) is 0 Å². The largest absolute Gasteiger partial charge is 0.478 e. The summed E-state index contributed by atoms with van der Waals surface area (Å²) in [5.41, 5.74) is 1.52. The summed E-state index contributed by atoms with van der Waals surface area (Å²) >= 11 is 18.1. The standard InChI is InChI=1S/C15H11Cl3O3S/c16-12-5-6-13(17)14(18)11(12)8-22(21)7-9-1-3-10(4-2-9)15(19)20/h1-6H,7-8H2,(H,19,20). The number of hydrogen-bond donors (Lipinski definition) is 1. The van der Waals surface area contributed by atoms with Crippen LogP contribution in [0.2, 0.25) is 15.1 Å². The number of benzene rings is 2. The van der Waals surface area contributed by atoms with Crippen LogP contribution in [0, 0.1) is 0 Å². The molecule has 0 aliphatic rings. The van der Waals surface area contributed by atoms with Crippen LogP contribution in [0.4, 0.5) is 0 Å². The maximum absolute atomic E-state index is 12.3. The van der Waals surface area contributed by atoms with Crippen LogP contribution in [0.25, 0.3) is 0 Å². The first kappa shape index (κ1) is 17.3. The molecule has 0 spiro atoms. The Kier molecular flexibility index (Phi) is 5.87. The number of halogens is 3. The molecule has 1 unspecified atom stereocenters. The summed E-state index contributed by atoms with van der Waals surface area (Å²) < 4.78 is 12.3. The lowest BCUT2D eigenvalue weighted by atomic mass is 10.1. The van der Waals surface area contributed by atoms with Gasteiger partial charge in [0, 0.05) is 27.1 Å². The van der Waals surface area contributed by atoms with E-state index in [9.17, 15) is 9.00 Å². The van der Waals surface area contributed by atoms with Crippen molar-refractivity contribution in [3.63, 3.8) is 0 Å². The van der Waals surface area contributed by atoms with E-state index in [1.165, 1.54) is 12.1 Å². The monoisotopic (exact) mass is 376 g/mol. The van der Waals surface area contributed by atoms with Crippen LogP contribution >= 0.6 is 34.8 Å². The van der Waals surface area contributed by atoms with E-state index < -0.39 is 16.8 Å². The van der Waals surface area contributed by atoms with Crippen molar-refractivity contribution in [2.45, 2.75) is 11.5 Å². The third-order valence-electron chi connectivity index (χ3n) is 2.97. The number of carbonyl (C=O) groups is 1. The summed E-state index contributed by atoms with van der Waals surface area (Å²) in [6.07, 6.45) is 0. The predicted molar refractivity (Wildman–Crippen MR) is 90.4 cm³/mol. The third kappa shape index (κ3) is 4.23. The quantitative estimate of drug-likeness (QED) is 0.762. The van der Waals surface area contributed by atoms with Gasteiger partial charge in [0.15, 0.2) is 0 Å². The summed E-state index contributed by atoms with van der Waals surface area (Å²) in [6.45, 7) is 0. The number of carboxylic acids is 1. The third-order valence-corrected chi connectivity index (χ3v) is 5.44. The second-order valence-corrected chi connectivity index (χ2v) is 7.20. The topological polar surface area (TPSA) is 54.4 Å². The molecule has 0 radical (unpaired) electrons. The van der Waals surface area contributed by atoms with Crippen LogP contribution in [0.3, 0.4) is 0 Å². The van der Waals surface area contributed by atoms with Crippen LogP contribution in [0.1, 0.15) is 21.5 Å². The molecule has 0 fully saturated rings. The fourth-order valence-corrected chi connectivity index (χ4v) is 3.97. The Hall–Kier alpha value is -1.07. The van der Waals surface area contributed by atoms with Gasteiger partial charge in [-0.1, -0.05) is 46.9 Å². The van der Waals surface area contributed by atoms with Crippen LogP contribution in [-0.4, -0.2) is 15.3 Å². The number of hydrogen-bond acceptors (Lipinski definition) is 2. The van der Waals surface area contributed by atoms with E-state index in [-0.39, 0.29) is 17.1 Å². The Morgan fingerprint density at radius 2 is 1.55 bits per heavy atom. The molecule has 1 N–H and O–H groups in total. The second-order valence-electron chi connectivity index (χ2n) is 4.55. The minimum absolute atomic E-state index is 0.179. The average Bonchev–Trinajstić information content (AvgIpc) is 2.48. The fraction of sp³-hybridized carbons (Fsp3) is 0.133. The van der Waals surface area contributed by atoms with E-state index in [1.54, 1.807) is 24.3 Å². The van der Waals surface area contributed by atoms with Crippen molar-refractivity contribution in [3.8, 4) is 0 Å². The zero-order valence-corrected chi connectivity index (χ0v) is 14.3. The van der Waals surface area contributed by atoms with Gasteiger partial charge in [0.2, 0.25) is 0 Å². The van der Waals surface area contributed by atoms with E-state index in [0.717, 1.165) is 5.56 Å². The molecule has 0 amide bonds. The normalized spacial score (nSPS) is 12.1. The molecule has 0 aliphatic carbocycles. The molecule has 22 heavy (non-hydrogen) atoms. The van der Waals surface area contributed by atoms with Crippen molar-refractivity contribution in [2.75, 3.05) is 0 Å². The van der Waals surface area contributed by atoms with E-state index in [0.29, 0.717) is 20.6 Å². The van der Waals surface area contributed by atoms with Gasteiger partial charge in [-0.15, -0.1) is 0 Å². The Labute approximate surface area is 145 Å². The molecule has 7 heteroatoms. The first-order chi connectivity index (χ1) is 10.4. The van der Waals surface area contributed by atoms with Crippen molar-refractivity contribution in [2.24, 2.45) is 0 Å². The average molecular weight is 378 g/mol. The van der Waals surface area contributed by atoms with Crippen LogP contribution in [0.5, 0.6) is 0 Å². The Balaban J connectivity index is 2.10. The Morgan fingerprint density at radius 1 is 0.955 bits per heavy atom. The van der Waals surface area contributed by atoms with Crippen molar-refractivity contribution in [3.05, 3.63) is 68.2 Å². The highest BCUT2D eigenvalue weighted by atomic mass is 35.5. The summed E-state index contributed by atoms with van der Waals surface area (Å²) in [5.74, 6) is -0.539. The number of aromatic carboxylic acids is 1. The minimum Gasteiger partial charge on any atom is -0.478 e. The highest BCUT2D eigenvalue weighted by Gasteiger charge is 2.13.